The van der Waals surface area contributed by atoms with E-state index in [1.165, 1.54) is 72.8 Å². The van der Waals surface area contributed by atoms with Crippen LogP contribution in [0, 0.1) is 0 Å². The highest BCUT2D eigenvalue weighted by Gasteiger charge is 1.85. The molecule has 0 bridgehead atoms. The van der Waals surface area contributed by atoms with E-state index < -0.39 is 0 Å². The van der Waals surface area contributed by atoms with Crippen LogP contribution in [0.2, 0.25) is 0 Å². The Morgan fingerprint density at radius 1 is 0.308 bits per heavy atom. The van der Waals surface area contributed by atoms with Gasteiger partial charge in [0.05, 0.1) is 0 Å². The number of hydrogen-bond donors (Lipinski definition) is 6. The number of phenols is 6. The van der Waals surface area contributed by atoms with Crippen molar-refractivity contribution in [2.45, 2.75) is 13.8 Å². The van der Waals surface area contributed by atoms with Crippen molar-refractivity contribution in [1.82, 2.24) is 0 Å². The van der Waals surface area contributed by atoms with Gasteiger partial charge in [-0.1, -0.05) is 13.8 Å². The predicted octanol–water partition coefficient (Wildman–Crippen LogP) is 4.32. The summed E-state index contributed by atoms with van der Waals surface area (Å²) < 4.78 is 0. The molecule has 0 aromatic heterocycles. The molecule has 6 N–H and O–H groups in total. The van der Waals surface area contributed by atoms with Crippen molar-refractivity contribution in [3.63, 3.8) is 0 Å². The van der Waals surface area contributed by atoms with Crippen LogP contribution in [0.25, 0.3) is 0 Å². The first-order chi connectivity index (χ1) is 12.4. The van der Waals surface area contributed by atoms with Crippen molar-refractivity contribution < 1.29 is 30.6 Å². The Bertz CT molecular complexity index is 540. The van der Waals surface area contributed by atoms with E-state index in [2.05, 4.69) is 0 Å². The van der Waals surface area contributed by atoms with Gasteiger partial charge in [-0.25, -0.2) is 0 Å². The number of benzene rings is 3. The maximum absolute atomic E-state index is 8.65. The maximum atomic E-state index is 8.65. The molecule has 0 radical (unpaired) electrons. The second kappa shape index (κ2) is 12.8. The Labute approximate surface area is 152 Å². The molecule has 0 unspecified atom stereocenters. The summed E-state index contributed by atoms with van der Waals surface area (Å²) in [6, 6.07) is 17.1. The van der Waals surface area contributed by atoms with Crippen molar-refractivity contribution in [1.29, 1.82) is 0 Å². The van der Waals surface area contributed by atoms with Crippen molar-refractivity contribution >= 4 is 0 Å². The van der Waals surface area contributed by atoms with Gasteiger partial charge >= 0.3 is 0 Å². The third-order valence-corrected chi connectivity index (χ3v) is 2.55. The number of aromatic hydroxyl groups is 6. The van der Waals surface area contributed by atoms with E-state index in [0.29, 0.717) is 0 Å². The molecule has 0 aliphatic heterocycles. The third-order valence-electron chi connectivity index (χ3n) is 2.55. The first-order valence-electron chi connectivity index (χ1n) is 7.81. The third kappa shape index (κ3) is 11.1. The predicted molar refractivity (Wildman–Crippen MR) is 101 cm³/mol. The summed E-state index contributed by atoms with van der Waals surface area (Å²) >= 11 is 0. The summed E-state index contributed by atoms with van der Waals surface area (Å²) in [5.41, 5.74) is 0. The fourth-order valence-electron chi connectivity index (χ4n) is 1.36. The van der Waals surface area contributed by atoms with Crippen molar-refractivity contribution in [2.24, 2.45) is 0 Å². The first kappa shape index (κ1) is 22.5. The molecule has 26 heavy (non-hydrogen) atoms. The standard InChI is InChI=1S/3C6H6O2.C2H6/c3*7-5-1-2-6(8)4-3-5;1-2/h3*1-4,7-8H;1-2H3. The van der Waals surface area contributed by atoms with Crippen molar-refractivity contribution in [3.8, 4) is 34.5 Å². The molecule has 3 aromatic carbocycles. The van der Waals surface area contributed by atoms with E-state index in [9.17, 15) is 0 Å². The molecule has 0 saturated carbocycles. The topological polar surface area (TPSA) is 121 Å². The fraction of sp³-hybridized carbons (Fsp3) is 0.100. The molecular formula is C20H24O6. The van der Waals surface area contributed by atoms with Crippen LogP contribution in [0.1, 0.15) is 13.8 Å². The van der Waals surface area contributed by atoms with Crippen LogP contribution in [0.3, 0.4) is 0 Å². The quantitative estimate of drug-likeness (QED) is 0.332. The van der Waals surface area contributed by atoms with Gasteiger partial charge in [0.15, 0.2) is 0 Å². The van der Waals surface area contributed by atoms with E-state index in [1.807, 2.05) is 13.8 Å². The molecule has 0 spiro atoms. The van der Waals surface area contributed by atoms with E-state index in [4.69, 9.17) is 30.6 Å². The monoisotopic (exact) mass is 360 g/mol. The average Bonchev–Trinajstić information content (AvgIpc) is 2.65. The van der Waals surface area contributed by atoms with Gasteiger partial charge < -0.3 is 30.6 Å². The average molecular weight is 360 g/mol. The largest absolute Gasteiger partial charge is 0.508 e. The van der Waals surface area contributed by atoms with Crippen LogP contribution in [-0.4, -0.2) is 30.6 Å². The Balaban J connectivity index is 0.000000344. The molecule has 3 aromatic rings. The molecule has 0 aliphatic carbocycles. The second-order valence-electron chi connectivity index (χ2n) is 4.55. The normalized spacial score (nSPS) is 8.54. The molecule has 0 saturated heterocycles. The fourth-order valence-corrected chi connectivity index (χ4v) is 1.36. The lowest BCUT2D eigenvalue weighted by atomic mass is 10.3. The molecular weight excluding hydrogens is 336 g/mol. The van der Waals surface area contributed by atoms with Gasteiger partial charge in [0, 0.05) is 0 Å². The zero-order valence-corrected chi connectivity index (χ0v) is 14.6. The minimum atomic E-state index is 0.169. The van der Waals surface area contributed by atoms with Gasteiger partial charge in [0.2, 0.25) is 0 Å². The highest BCUT2D eigenvalue weighted by atomic mass is 16.3. The van der Waals surface area contributed by atoms with Crippen LogP contribution >= 0.6 is 0 Å². The van der Waals surface area contributed by atoms with E-state index >= 15 is 0 Å². The Kier molecular flexibility index (Phi) is 11.1. The Hall–Kier alpha value is -3.54. The zero-order valence-electron chi connectivity index (χ0n) is 14.6. The molecule has 0 heterocycles. The Morgan fingerprint density at radius 3 is 0.462 bits per heavy atom. The van der Waals surface area contributed by atoms with E-state index in [1.54, 1.807) is 0 Å². The maximum Gasteiger partial charge on any atom is 0.115 e. The minimum Gasteiger partial charge on any atom is -0.508 e. The van der Waals surface area contributed by atoms with Gasteiger partial charge in [0.25, 0.3) is 0 Å². The number of hydrogen-bond acceptors (Lipinski definition) is 6. The van der Waals surface area contributed by atoms with E-state index in [-0.39, 0.29) is 34.5 Å². The van der Waals surface area contributed by atoms with Crippen LogP contribution in [0.15, 0.2) is 72.8 Å². The summed E-state index contributed by atoms with van der Waals surface area (Å²) in [5, 5.41) is 51.9. The lowest BCUT2D eigenvalue weighted by Gasteiger charge is -1.88. The smallest absolute Gasteiger partial charge is 0.115 e. The van der Waals surface area contributed by atoms with Gasteiger partial charge in [-0.15, -0.1) is 0 Å². The van der Waals surface area contributed by atoms with Gasteiger partial charge in [-0.05, 0) is 72.8 Å². The zero-order chi connectivity index (χ0) is 19.9. The Morgan fingerprint density at radius 2 is 0.385 bits per heavy atom. The van der Waals surface area contributed by atoms with Gasteiger partial charge in [-0.2, -0.15) is 0 Å². The molecule has 0 aliphatic rings. The number of phenolic OH excluding ortho intramolecular Hbond substituents is 6. The summed E-state index contributed by atoms with van der Waals surface area (Å²) in [6.07, 6.45) is 0. The molecule has 140 valence electrons. The van der Waals surface area contributed by atoms with Crippen LogP contribution in [-0.2, 0) is 0 Å². The molecule has 3 rings (SSSR count). The lowest BCUT2D eigenvalue weighted by molar-refractivity contribution is 0.460. The SMILES string of the molecule is CC.Oc1ccc(O)cc1.Oc1ccc(O)cc1.Oc1ccc(O)cc1. The van der Waals surface area contributed by atoms with Gasteiger partial charge in [-0.3, -0.25) is 0 Å². The number of rotatable bonds is 0. The lowest BCUT2D eigenvalue weighted by Crippen LogP contribution is -1.61. The summed E-state index contributed by atoms with van der Waals surface area (Å²) in [5.74, 6) is 1.02. The second-order valence-corrected chi connectivity index (χ2v) is 4.55. The van der Waals surface area contributed by atoms with Crippen LogP contribution in [0.4, 0.5) is 0 Å². The van der Waals surface area contributed by atoms with Crippen molar-refractivity contribution in [2.75, 3.05) is 0 Å². The molecule has 6 nitrogen and oxygen atoms in total. The molecule has 0 amide bonds. The molecule has 6 heteroatoms. The summed E-state index contributed by atoms with van der Waals surface area (Å²) in [4.78, 5) is 0. The van der Waals surface area contributed by atoms with Crippen LogP contribution < -0.4 is 0 Å². The highest BCUT2D eigenvalue weighted by molar-refractivity contribution is 5.29. The molecule has 0 fully saturated rings. The van der Waals surface area contributed by atoms with Crippen LogP contribution in [0.5, 0.6) is 34.5 Å². The highest BCUT2D eigenvalue weighted by Crippen LogP contribution is 2.14. The van der Waals surface area contributed by atoms with E-state index in [0.717, 1.165) is 0 Å². The van der Waals surface area contributed by atoms with Crippen molar-refractivity contribution in [3.05, 3.63) is 72.8 Å². The minimum absolute atomic E-state index is 0.169. The van der Waals surface area contributed by atoms with Gasteiger partial charge in [0.1, 0.15) is 34.5 Å². The summed E-state index contributed by atoms with van der Waals surface area (Å²) in [6.45, 7) is 4.00. The molecule has 0 atom stereocenters. The summed E-state index contributed by atoms with van der Waals surface area (Å²) in [7, 11) is 0. The first-order valence-corrected chi connectivity index (χ1v) is 7.81.